The van der Waals surface area contributed by atoms with Crippen LogP contribution in [0.5, 0.6) is 0 Å². The molecule has 148 valence electrons. The lowest BCUT2D eigenvalue weighted by atomic mass is 10.1. The first-order valence-electron chi connectivity index (χ1n) is 9.50. The topological polar surface area (TPSA) is 71.9 Å². The Morgan fingerprint density at radius 3 is 2.33 bits per heavy atom. The Balaban J connectivity index is 1.72. The fraction of sp³-hybridized carbons (Fsp3) is 0.0417. The summed E-state index contributed by atoms with van der Waals surface area (Å²) in [5.41, 5.74) is 3.60. The van der Waals surface area contributed by atoms with Crippen LogP contribution in [0.15, 0.2) is 94.7 Å². The maximum absolute atomic E-state index is 13.2. The first kappa shape index (κ1) is 18.4. The molecule has 0 bridgehead atoms. The smallest absolute Gasteiger partial charge is 0.268 e. The van der Waals surface area contributed by atoms with Crippen molar-refractivity contribution in [3.8, 4) is 11.3 Å². The van der Waals surface area contributed by atoms with E-state index in [1.807, 2.05) is 37.3 Å². The molecule has 0 saturated carbocycles. The summed E-state index contributed by atoms with van der Waals surface area (Å²) in [6.07, 6.45) is 1.50. The van der Waals surface area contributed by atoms with E-state index in [1.54, 1.807) is 48.5 Å². The number of nitrogens with one attached hydrogen (secondary N) is 1. The number of hydrogen-bond acceptors (Lipinski definition) is 3. The maximum Gasteiger partial charge on any atom is 0.268 e. The van der Waals surface area contributed by atoms with Crippen molar-refractivity contribution in [1.82, 2.24) is 8.96 Å². The van der Waals surface area contributed by atoms with Crippen LogP contribution in [0.1, 0.15) is 5.56 Å². The summed E-state index contributed by atoms with van der Waals surface area (Å²) in [7, 11) is -3.77. The fourth-order valence-electron chi connectivity index (χ4n) is 3.75. The molecule has 0 atom stereocenters. The summed E-state index contributed by atoms with van der Waals surface area (Å²) >= 11 is 0. The van der Waals surface area contributed by atoms with E-state index in [0.717, 1.165) is 16.8 Å². The molecule has 5 nitrogen and oxygen atoms in total. The van der Waals surface area contributed by atoms with Crippen LogP contribution in [0.25, 0.3) is 33.1 Å². The zero-order chi connectivity index (χ0) is 20.9. The summed E-state index contributed by atoms with van der Waals surface area (Å²) in [4.78, 5) is 16.5. The molecule has 0 radical (unpaired) electrons. The summed E-state index contributed by atoms with van der Waals surface area (Å²) in [5.74, 6) is 0. The molecule has 30 heavy (non-hydrogen) atoms. The monoisotopic (exact) mass is 414 g/mol. The Morgan fingerprint density at radius 1 is 0.867 bits per heavy atom. The van der Waals surface area contributed by atoms with Crippen molar-refractivity contribution in [1.29, 1.82) is 0 Å². The molecule has 5 rings (SSSR count). The number of nitrogens with zero attached hydrogens (tertiary/aromatic N) is 1. The molecule has 0 saturated heterocycles. The standard InChI is InChI=1S/C24H18N2O3S/c1-16-7-9-18(10-8-16)30(28,29)26-14-13-19-22(26)12-11-20-24(19)23(27)15-21(25-20)17-5-3-2-4-6-17/h2-15H,1H3,(H,25,27). The second-order valence-electron chi connectivity index (χ2n) is 7.26. The predicted octanol–water partition coefficient (Wildman–Crippen LogP) is 4.70. The molecule has 0 unspecified atom stereocenters. The summed E-state index contributed by atoms with van der Waals surface area (Å²) < 4.78 is 27.5. The lowest BCUT2D eigenvalue weighted by Crippen LogP contribution is -2.12. The van der Waals surface area contributed by atoms with E-state index in [-0.39, 0.29) is 10.3 Å². The largest absolute Gasteiger partial charge is 0.354 e. The SMILES string of the molecule is Cc1ccc(S(=O)(=O)n2ccc3c4c(=O)cc(-c5ccccc5)[nH]c4ccc32)cc1. The Hall–Kier alpha value is -3.64. The molecule has 6 heteroatoms. The van der Waals surface area contributed by atoms with Gasteiger partial charge in [-0.3, -0.25) is 4.79 Å². The second-order valence-corrected chi connectivity index (χ2v) is 9.08. The van der Waals surface area contributed by atoms with Crippen LogP contribution in [-0.2, 0) is 10.0 Å². The van der Waals surface area contributed by atoms with Gasteiger partial charge >= 0.3 is 0 Å². The molecule has 2 heterocycles. The zero-order valence-corrected chi connectivity index (χ0v) is 17.0. The van der Waals surface area contributed by atoms with Gasteiger partial charge in [0.05, 0.1) is 21.3 Å². The normalized spacial score (nSPS) is 11.9. The van der Waals surface area contributed by atoms with Gasteiger partial charge < -0.3 is 4.98 Å². The van der Waals surface area contributed by atoms with E-state index in [1.165, 1.54) is 10.2 Å². The highest BCUT2D eigenvalue weighted by atomic mass is 32.2. The van der Waals surface area contributed by atoms with E-state index in [2.05, 4.69) is 4.98 Å². The van der Waals surface area contributed by atoms with Crippen LogP contribution in [0.4, 0.5) is 0 Å². The minimum absolute atomic E-state index is 0.154. The molecular weight excluding hydrogens is 396 g/mol. The van der Waals surface area contributed by atoms with Crippen molar-refractivity contribution in [2.75, 3.05) is 0 Å². The molecule has 0 fully saturated rings. The number of pyridine rings is 1. The van der Waals surface area contributed by atoms with Gasteiger partial charge in [-0.2, -0.15) is 0 Å². The second kappa shape index (κ2) is 6.71. The van der Waals surface area contributed by atoms with Gasteiger partial charge in [-0.25, -0.2) is 12.4 Å². The van der Waals surface area contributed by atoms with Gasteiger partial charge in [-0.15, -0.1) is 0 Å². The Kier molecular flexibility index (Phi) is 4.11. The Labute approximate surface area is 173 Å². The van der Waals surface area contributed by atoms with Crippen LogP contribution in [0, 0.1) is 6.92 Å². The van der Waals surface area contributed by atoms with Gasteiger partial charge in [0.15, 0.2) is 5.43 Å². The minimum Gasteiger partial charge on any atom is -0.354 e. The van der Waals surface area contributed by atoms with Gasteiger partial charge in [0.2, 0.25) is 0 Å². The molecule has 0 spiro atoms. The number of H-pyrrole nitrogens is 1. The van der Waals surface area contributed by atoms with E-state index in [0.29, 0.717) is 21.8 Å². The van der Waals surface area contributed by atoms with Crippen LogP contribution in [0.3, 0.4) is 0 Å². The predicted molar refractivity (Wildman–Crippen MR) is 119 cm³/mol. The number of aromatic amines is 1. The van der Waals surface area contributed by atoms with Crippen molar-refractivity contribution < 1.29 is 8.42 Å². The van der Waals surface area contributed by atoms with Gasteiger partial charge in [-0.1, -0.05) is 48.0 Å². The van der Waals surface area contributed by atoms with Gasteiger partial charge in [0, 0.05) is 23.3 Å². The fourth-order valence-corrected chi connectivity index (χ4v) is 5.10. The van der Waals surface area contributed by atoms with Crippen molar-refractivity contribution in [2.45, 2.75) is 11.8 Å². The number of benzene rings is 3. The van der Waals surface area contributed by atoms with Crippen molar-refractivity contribution >= 4 is 31.8 Å². The number of hydrogen-bond donors (Lipinski definition) is 1. The third-order valence-electron chi connectivity index (χ3n) is 5.29. The van der Waals surface area contributed by atoms with E-state index < -0.39 is 10.0 Å². The van der Waals surface area contributed by atoms with E-state index >= 15 is 0 Å². The quantitative estimate of drug-likeness (QED) is 0.465. The van der Waals surface area contributed by atoms with Gasteiger partial charge in [0.25, 0.3) is 10.0 Å². The molecule has 0 aliphatic rings. The average Bonchev–Trinajstić information content (AvgIpc) is 3.19. The molecular formula is C24H18N2O3S. The molecule has 0 aliphatic carbocycles. The number of aryl methyl sites for hydroxylation is 1. The summed E-state index contributed by atoms with van der Waals surface area (Å²) in [6.45, 7) is 1.91. The van der Waals surface area contributed by atoms with Gasteiger partial charge in [-0.05, 0) is 42.8 Å². The highest BCUT2D eigenvalue weighted by Crippen LogP contribution is 2.28. The number of fused-ring (bicyclic) bond motifs is 3. The molecule has 1 N–H and O–H groups in total. The maximum atomic E-state index is 13.2. The molecule has 3 aromatic carbocycles. The highest BCUT2D eigenvalue weighted by Gasteiger charge is 2.20. The molecule has 0 aliphatic heterocycles. The van der Waals surface area contributed by atoms with Crippen LogP contribution >= 0.6 is 0 Å². The Bertz CT molecular complexity index is 1560. The zero-order valence-electron chi connectivity index (χ0n) is 16.2. The summed E-state index contributed by atoms with van der Waals surface area (Å²) in [5, 5.41) is 1.08. The van der Waals surface area contributed by atoms with E-state index in [9.17, 15) is 13.2 Å². The van der Waals surface area contributed by atoms with Gasteiger partial charge in [0.1, 0.15) is 0 Å². The third-order valence-corrected chi connectivity index (χ3v) is 6.99. The van der Waals surface area contributed by atoms with Crippen molar-refractivity contribution in [3.63, 3.8) is 0 Å². The number of aromatic nitrogens is 2. The lowest BCUT2D eigenvalue weighted by molar-refractivity contribution is 0.589. The first-order valence-corrected chi connectivity index (χ1v) is 10.9. The molecule has 2 aromatic heterocycles. The molecule has 0 amide bonds. The van der Waals surface area contributed by atoms with Crippen LogP contribution in [0.2, 0.25) is 0 Å². The van der Waals surface area contributed by atoms with Crippen molar-refractivity contribution in [3.05, 3.63) is 101 Å². The third kappa shape index (κ3) is 2.84. The van der Waals surface area contributed by atoms with Crippen molar-refractivity contribution in [2.24, 2.45) is 0 Å². The summed E-state index contributed by atoms with van der Waals surface area (Å²) in [6, 6.07) is 23.1. The Morgan fingerprint density at radius 2 is 1.60 bits per heavy atom. The number of rotatable bonds is 3. The van der Waals surface area contributed by atoms with Crippen LogP contribution in [-0.4, -0.2) is 17.4 Å². The van der Waals surface area contributed by atoms with E-state index in [4.69, 9.17) is 0 Å². The highest BCUT2D eigenvalue weighted by molar-refractivity contribution is 7.90. The molecule has 5 aromatic rings. The first-order chi connectivity index (χ1) is 14.4. The average molecular weight is 414 g/mol. The lowest BCUT2D eigenvalue weighted by Gasteiger charge is -2.09. The minimum atomic E-state index is -3.77. The van der Waals surface area contributed by atoms with Crippen LogP contribution < -0.4 is 5.43 Å².